The van der Waals surface area contributed by atoms with Gasteiger partial charge in [0.2, 0.25) is 0 Å². The molecule has 0 amide bonds. The lowest BCUT2D eigenvalue weighted by atomic mass is 10.1. The molecular formula is C16H15N5O2S. The van der Waals surface area contributed by atoms with Crippen LogP contribution < -0.4 is 5.32 Å². The van der Waals surface area contributed by atoms with Crippen molar-refractivity contribution in [2.45, 2.75) is 6.54 Å². The first-order valence-corrected chi connectivity index (χ1v) is 9.03. The molecule has 8 heteroatoms. The summed E-state index contributed by atoms with van der Waals surface area (Å²) in [6.45, 7) is 1.70. The van der Waals surface area contributed by atoms with Crippen molar-refractivity contribution in [1.29, 1.82) is 15.8 Å². The molecule has 0 radical (unpaired) electrons. The number of benzene rings is 1. The number of anilines is 1. The summed E-state index contributed by atoms with van der Waals surface area (Å²) in [5, 5.41) is 29.4. The minimum Gasteiger partial charge on any atom is -0.345 e. The van der Waals surface area contributed by atoms with Crippen LogP contribution in [0, 0.1) is 34.0 Å². The Balaban J connectivity index is 2.02. The fourth-order valence-corrected chi connectivity index (χ4v) is 3.56. The quantitative estimate of drug-likeness (QED) is 0.815. The van der Waals surface area contributed by atoms with Crippen molar-refractivity contribution in [3.63, 3.8) is 0 Å². The van der Waals surface area contributed by atoms with Gasteiger partial charge in [0, 0.05) is 25.3 Å². The molecule has 0 spiro atoms. The first kappa shape index (κ1) is 17.5. The van der Waals surface area contributed by atoms with E-state index < -0.39 is 9.84 Å². The van der Waals surface area contributed by atoms with Gasteiger partial charge in [-0.2, -0.15) is 15.8 Å². The molecule has 1 aliphatic rings. The Morgan fingerprint density at radius 2 is 1.62 bits per heavy atom. The van der Waals surface area contributed by atoms with Crippen LogP contribution in [-0.4, -0.2) is 37.9 Å². The molecule has 1 N–H and O–H groups in total. The normalized spacial score (nSPS) is 16.2. The molecule has 1 heterocycles. The number of nitrogens with zero attached hydrogens (tertiary/aromatic N) is 4. The van der Waals surface area contributed by atoms with Crippen LogP contribution in [0.3, 0.4) is 0 Å². The van der Waals surface area contributed by atoms with Gasteiger partial charge in [-0.3, -0.25) is 4.90 Å². The predicted molar refractivity (Wildman–Crippen MR) is 87.9 cm³/mol. The second kappa shape index (κ2) is 7.61. The number of rotatable bonds is 4. The van der Waals surface area contributed by atoms with Gasteiger partial charge in [0.15, 0.2) is 15.4 Å². The number of sulfone groups is 1. The Bertz CT molecular complexity index is 837. The van der Waals surface area contributed by atoms with Crippen LogP contribution in [0.25, 0.3) is 0 Å². The van der Waals surface area contributed by atoms with Crippen LogP contribution in [0.2, 0.25) is 0 Å². The fourth-order valence-electron chi connectivity index (χ4n) is 2.29. The SMILES string of the molecule is N#CC(C#N)=C(C#N)Nc1ccc(CN2CCS(=O)(=O)CC2)cc1. The van der Waals surface area contributed by atoms with Gasteiger partial charge in [-0.15, -0.1) is 0 Å². The summed E-state index contributed by atoms with van der Waals surface area (Å²) in [7, 11) is -2.88. The molecule has 1 aromatic rings. The lowest BCUT2D eigenvalue weighted by Gasteiger charge is -2.26. The second-order valence-electron chi connectivity index (χ2n) is 5.34. The summed E-state index contributed by atoms with van der Waals surface area (Å²) in [5.41, 5.74) is 1.26. The zero-order valence-electron chi connectivity index (χ0n) is 12.9. The molecule has 0 bridgehead atoms. The van der Waals surface area contributed by atoms with E-state index in [-0.39, 0.29) is 22.8 Å². The fraction of sp³-hybridized carbons (Fsp3) is 0.312. The highest BCUT2D eigenvalue weighted by Crippen LogP contribution is 2.16. The summed E-state index contributed by atoms with van der Waals surface area (Å²) in [4.78, 5) is 2.08. The average molecular weight is 341 g/mol. The Hall–Kier alpha value is -2.86. The van der Waals surface area contributed by atoms with Crippen LogP contribution in [0.1, 0.15) is 5.56 Å². The molecule has 1 aromatic carbocycles. The number of allylic oxidation sites excluding steroid dienone is 2. The van der Waals surface area contributed by atoms with E-state index >= 15 is 0 Å². The van der Waals surface area contributed by atoms with E-state index in [1.54, 1.807) is 30.3 Å². The van der Waals surface area contributed by atoms with Gasteiger partial charge in [-0.1, -0.05) is 12.1 Å². The third kappa shape index (κ3) is 4.57. The highest BCUT2D eigenvalue weighted by molar-refractivity contribution is 7.91. The first-order valence-electron chi connectivity index (χ1n) is 7.21. The Labute approximate surface area is 140 Å². The van der Waals surface area contributed by atoms with E-state index in [0.29, 0.717) is 25.3 Å². The minimum atomic E-state index is -2.88. The van der Waals surface area contributed by atoms with Crippen molar-refractivity contribution < 1.29 is 8.42 Å². The molecule has 0 saturated carbocycles. The van der Waals surface area contributed by atoms with Crippen LogP contribution in [0.5, 0.6) is 0 Å². The summed E-state index contributed by atoms with van der Waals surface area (Å²) in [6.07, 6.45) is 0. The van der Waals surface area contributed by atoms with Crippen molar-refractivity contribution in [3.05, 3.63) is 41.1 Å². The zero-order valence-corrected chi connectivity index (χ0v) is 13.7. The lowest BCUT2D eigenvalue weighted by Crippen LogP contribution is -2.39. The Kier molecular flexibility index (Phi) is 5.55. The third-order valence-electron chi connectivity index (χ3n) is 3.65. The maximum atomic E-state index is 11.4. The Morgan fingerprint density at radius 1 is 1.04 bits per heavy atom. The second-order valence-corrected chi connectivity index (χ2v) is 7.64. The van der Waals surface area contributed by atoms with Crippen LogP contribution >= 0.6 is 0 Å². The topological polar surface area (TPSA) is 121 Å². The predicted octanol–water partition coefficient (Wildman–Crippen LogP) is 1.15. The van der Waals surface area contributed by atoms with Crippen molar-refractivity contribution in [2.75, 3.05) is 29.9 Å². The van der Waals surface area contributed by atoms with Gasteiger partial charge in [-0.05, 0) is 17.7 Å². The smallest absolute Gasteiger partial charge is 0.163 e. The molecule has 24 heavy (non-hydrogen) atoms. The van der Waals surface area contributed by atoms with Crippen LogP contribution in [-0.2, 0) is 16.4 Å². The molecule has 7 nitrogen and oxygen atoms in total. The first-order chi connectivity index (χ1) is 11.5. The molecule has 0 atom stereocenters. The standard InChI is InChI=1S/C16H15N5O2S/c17-9-14(10-18)16(11-19)20-15-3-1-13(2-4-15)12-21-5-7-24(22,23)8-6-21/h1-4,20H,5-8,12H2. The molecule has 1 saturated heterocycles. The highest BCUT2D eigenvalue weighted by atomic mass is 32.2. The largest absolute Gasteiger partial charge is 0.345 e. The molecular weight excluding hydrogens is 326 g/mol. The van der Waals surface area contributed by atoms with Crippen molar-refractivity contribution >= 4 is 15.5 Å². The summed E-state index contributed by atoms with van der Waals surface area (Å²) in [6, 6.07) is 12.4. The minimum absolute atomic E-state index is 0.0889. The zero-order chi connectivity index (χ0) is 17.6. The van der Waals surface area contributed by atoms with Crippen LogP contribution in [0.4, 0.5) is 5.69 Å². The van der Waals surface area contributed by atoms with Crippen molar-refractivity contribution in [2.24, 2.45) is 0 Å². The summed E-state index contributed by atoms with van der Waals surface area (Å²) < 4.78 is 22.8. The monoisotopic (exact) mass is 341 g/mol. The maximum absolute atomic E-state index is 11.4. The van der Waals surface area contributed by atoms with Gasteiger partial charge < -0.3 is 5.32 Å². The molecule has 0 unspecified atom stereocenters. The average Bonchev–Trinajstić information content (AvgIpc) is 2.58. The summed E-state index contributed by atoms with van der Waals surface area (Å²) in [5.74, 6) is 0.377. The third-order valence-corrected chi connectivity index (χ3v) is 5.26. The number of hydrogen-bond acceptors (Lipinski definition) is 7. The molecule has 0 aliphatic carbocycles. The number of hydrogen-bond donors (Lipinski definition) is 1. The lowest BCUT2D eigenvalue weighted by molar-refractivity contribution is 0.287. The van der Waals surface area contributed by atoms with E-state index in [9.17, 15) is 8.42 Å². The molecule has 2 rings (SSSR count). The number of nitriles is 3. The highest BCUT2D eigenvalue weighted by Gasteiger charge is 2.21. The van der Waals surface area contributed by atoms with E-state index in [2.05, 4.69) is 10.2 Å². The van der Waals surface area contributed by atoms with Gasteiger partial charge in [0.05, 0.1) is 11.5 Å². The molecule has 1 aliphatic heterocycles. The molecule has 122 valence electrons. The van der Waals surface area contributed by atoms with Gasteiger partial charge in [0.1, 0.15) is 23.9 Å². The molecule has 0 aromatic heterocycles. The number of nitrogens with one attached hydrogen (secondary N) is 1. The molecule has 1 fully saturated rings. The van der Waals surface area contributed by atoms with Gasteiger partial charge in [-0.25, -0.2) is 8.42 Å². The van der Waals surface area contributed by atoms with Gasteiger partial charge >= 0.3 is 0 Å². The van der Waals surface area contributed by atoms with E-state index in [0.717, 1.165) is 5.56 Å². The van der Waals surface area contributed by atoms with E-state index in [4.69, 9.17) is 15.8 Å². The van der Waals surface area contributed by atoms with Crippen molar-refractivity contribution in [3.8, 4) is 18.2 Å². The summed E-state index contributed by atoms with van der Waals surface area (Å²) >= 11 is 0. The maximum Gasteiger partial charge on any atom is 0.163 e. The van der Waals surface area contributed by atoms with Gasteiger partial charge in [0.25, 0.3) is 0 Å². The van der Waals surface area contributed by atoms with Crippen molar-refractivity contribution in [1.82, 2.24) is 4.90 Å². The Morgan fingerprint density at radius 3 is 2.12 bits per heavy atom. The van der Waals surface area contributed by atoms with Crippen LogP contribution in [0.15, 0.2) is 35.5 Å². The van der Waals surface area contributed by atoms with E-state index in [1.807, 2.05) is 12.1 Å². The van der Waals surface area contributed by atoms with E-state index in [1.165, 1.54) is 0 Å².